The molecule has 1 rings (SSSR count). The van der Waals surface area contributed by atoms with Crippen molar-refractivity contribution >= 4 is 0 Å². The van der Waals surface area contributed by atoms with Crippen molar-refractivity contribution in [1.29, 1.82) is 0 Å². The maximum absolute atomic E-state index is 8.95. The van der Waals surface area contributed by atoms with E-state index < -0.39 is 0 Å². The molecule has 2 N–H and O–H groups in total. The van der Waals surface area contributed by atoms with Gasteiger partial charge in [-0.1, -0.05) is 13.8 Å². The van der Waals surface area contributed by atoms with Gasteiger partial charge in [0.25, 0.3) is 0 Å². The Bertz CT molecular complexity index is 188. The second-order valence-electron chi connectivity index (χ2n) is 5.79. The maximum Gasteiger partial charge on any atom is 0.0590 e. The maximum atomic E-state index is 8.95. The topological polar surface area (TPSA) is 41.5 Å². The third-order valence-corrected chi connectivity index (χ3v) is 3.36. The zero-order valence-electron chi connectivity index (χ0n) is 11.0. The number of aliphatic hydroxyl groups excluding tert-OH is 1. The van der Waals surface area contributed by atoms with E-state index in [1.165, 1.54) is 12.8 Å². The van der Waals surface area contributed by atoms with Gasteiger partial charge in [-0.15, -0.1) is 0 Å². The summed E-state index contributed by atoms with van der Waals surface area (Å²) in [4.78, 5) is 0. The molecule has 3 nitrogen and oxygen atoms in total. The Balaban J connectivity index is 2.15. The molecule has 3 heteroatoms. The smallest absolute Gasteiger partial charge is 0.0590 e. The third-order valence-electron chi connectivity index (χ3n) is 3.36. The van der Waals surface area contributed by atoms with Crippen molar-refractivity contribution in [3.05, 3.63) is 0 Å². The highest BCUT2D eigenvalue weighted by molar-refractivity contribution is 4.76. The molecule has 0 amide bonds. The summed E-state index contributed by atoms with van der Waals surface area (Å²) in [6.07, 6.45) is 4.85. The summed E-state index contributed by atoms with van der Waals surface area (Å²) in [6.45, 7) is 8.77. The Labute approximate surface area is 99.6 Å². The number of nitrogens with one attached hydrogen (secondary N) is 1. The minimum atomic E-state index is 0.180. The first-order valence-corrected chi connectivity index (χ1v) is 6.49. The Morgan fingerprint density at radius 1 is 1.50 bits per heavy atom. The molecule has 1 aliphatic rings. The molecule has 96 valence electrons. The van der Waals surface area contributed by atoms with Gasteiger partial charge in [-0.3, -0.25) is 0 Å². The Kier molecular flexibility index (Phi) is 5.73. The Hall–Kier alpha value is -0.120. The van der Waals surface area contributed by atoms with E-state index in [2.05, 4.69) is 26.1 Å². The highest BCUT2D eigenvalue weighted by Crippen LogP contribution is 2.20. The van der Waals surface area contributed by atoms with E-state index in [-0.39, 0.29) is 12.0 Å². The molecule has 1 fully saturated rings. The highest BCUT2D eigenvalue weighted by atomic mass is 16.5. The summed E-state index contributed by atoms with van der Waals surface area (Å²) in [6, 6.07) is 0.501. The summed E-state index contributed by atoms with van der Waals surface area (Å²) < 4.78 is 5.62. The van der Waals surface area contributed by atoms with Crippen LogP contribution in [0.25, 0.3) is 0 Å². The van der Waals surface area contributed by atoms with E-state index in [4.69, 9.17) is 9.84 Å². The molecule has 0 aromatic heterocycles. The number of hydrogen-bond donors (Lipinski definition) is 2. The lowest BCUT2D eigenvalue weighted by atomic mass is 9.89. The molecule has 0 radical (unpaired) electrons. The normalized spacial score (nSPS) is 23.6. The first-order valence-electron chi connectivity index (χ1n) is 6.49. The molecule has 2 unspecified atom stereocenters. The second-order valence-corrected chi connectivity index (χ2v) is 5.79. The van der Waals surface area contributed by atoms with E-state index in [0.29, 0.717) is 12.1 Å². The van der Waals surface area contributed by atoms with Crippen molar-refractivity contribution in [3.8, 4) is 0 Å². The zero-order valence-corrected chi connectivity index (χ0v) is 11.0. The standard InChI is InChI=1S/C13H27NO2/c1-11(9-12-5-4-8-16-12)14-10-13(2,3)6-7-15/h11-12,14-15H,4-10H2,1-3H3. The average molecular weight is 229 g/mol. The number of hydrogen-bond acceptors (Lipinski definition) is 3. The van der Waals surface area contributed by atoms with Gasteiger partial charge in [-0.05, 0) is 38.0 Å². The fourth-order valence-corrected chi connectivity index (χ4v) is 2.15. The second kappa shape index (κ2) is 6.58. The van der Waals surface area contributed by atoms with E-state index >= 15 is 0 Å². The molecule has 0 spiro atoms. The molecule has 0 bridgehead atoms. The van der Waals surface area contributed by atoms with Gasteiger partial charge in [0.15, 0.2) is 0 Å². The largest absolute Gasteiger partial charge is 0.396 e. The van der Waals surface area contributed by atoms with Crippen LogP contribution in [0.3, 0.4) is 0 Å². The van der Waals surface area contributed by atoms with Gasteiger partial charge in [0, 0.05) is 25.8 Å². The van der Waals surface area contributed by atoms with Crippen LogP contribution in [-0.4, -0.2) is 37.0 Å². The summed E-state index contributed by atoms with van der Waals surface area (Å²) >= 11 is 0. The van der Waals surface area contributed by atoms with Gasteiger partial charge in [-0.25, -0.2) is 0 Å². The molecule has 0 aliphatic carbocycles. The monoisotopic (exact) mass is 229 g/mol. The van der Waals surface area contributed by atoms with Crippen LogP contribution in [0.15, 0.2) is 0 Å². The summed E-state index contributed by atoms with van der Waals surface area (Å²) in [7, 11) is 0. The minimum Gasteiger partial charge on any atom is -0.396 e. The van der Waals surface area contributed by atoms with Crippen LogP contribution < -0.4 is 5.32 Å². The van der Waals surface area contributed by atoms with Crippen LogP contribution in [0.1, 0.15) is 46.5 Å². The van der Waals surface area contributed by atoms with Crippen molar-refractivity contribution < 1.29 is 9.84 Å². The van der Waals surface area contributed by atoms with Gasteiger partial charge in [0.2, 0.25) is 0 Å². The first-order chi connectivity index (χ1) is 7.53. The van der Waals surface area contributed by atoms with Crippen molar-refractivity contribution in [2.24, 2.45) is 5.41 Å². The van der Waals surface area contributed by atoms with E-state index in [1.807, 2.05) is 0 Å². The van der Waals surface area contributed by atoms with E-state index in [0.717, 1.165) is 26.0 Å². The summed E-state index contributed by atoms with van der Waals surface area (Å²) in [5, 5.41) is 12.5. The first kappa shape index (κ1) is 13.9. The predicted octanol–water partition coefficient (Wildman–Crippen LogP) is 1.94. The molecule has 1 aliphatic heterocycles. The van der Waals surface area contributed by atoms with E-state index in [9.17, 15) is 0 Å². The number of ether oxygens (including phenoxy) is 1. The fraction of sp³-hybridized carbons (Fsp3) is 1.00. The van der Waals surface area contributed by atoms with Gasteiger partial charge < -0.3 is 15.2 Å². The summed E-state index contributed by atoms with van der Waals surface area (Å²) in [5.41, 5.74) is 0.180. The average Bonchev–Trinajstić information content (AvgIpc) is 2.68. The van der Waals surface area contributed by atoms with Gasteiger partial charge >= 0.3 is 0 Å². The minimum absolute atomic E-state index is 0.180. The lowest BCUT2D eigenvalue weighted by molar-refractivity contribution is 0.0943. The van der Waals surface area contributed by atoms with Crippen LogP contribution in [0.5, 0.6) is 0 Å². The van der Waals surface area contributed by atoms with Gasteiger partial charge in [-0.2, -0.15) is 0 Å². The molecule has 0 aromatic carbocycles. The van der Waals surface area contributed by atoms with Crippen molar-refractivity contribution in [3.63, 3.8) is 0 Å². The number of aliphatic hydroxyl groups is 1. The Morgan fingerprint density at radius 3 is 2.81 bits per heavy atom. The molecule has 2 atom stereocenters. The van der Waals surface area contributed by atoms with Crippen LogP contribution in [-0.2, 0) is 4.74 Å². The molecular weight excluding hydrogens is 202 g/mol. The van der Waals surface area contributed by atoms with Gasteiger partial charge in [0.1, 0.15) is 0 Å². The van der Waals surface area contributed by atoms with Gasteiger partial charge in [0.05, 0.1) is 6.10 Å². The number of rotatable bonds is 7. The van der Waals surface area contributed by atoms with Crippen molar-refractivity contribution in [2.45, 2.75) is 58.6 Å². The molecule has 0 saturated carbocycles. The predicted molar refractivity (Wildman–Crippen MR) is 66.5 cm³/mol. The van der Waals surface area contributed by atoms with E-state index in [1.54, 1.807) is 0 Å². The lowest BCUT2D eigenvalue weighted by Crippen LogP contribution is -2.37. The third kappa shape index (κ3) is 5.28. The lowest BCUT2D eigenvalue weighted by Gasteiger charge is -2.27. The van der Waals surface area contributed by atoms with Crippen LogP contribution >= 0.6 is 0 Å². The molecule has 1 heterocycles. The molecule has 0 aromatic rings. The molecule has 1 saturated heterocycles. The SMILES string of the molecule is CC(CC1CCCO1)NCC(C)(C)CCO. The highest BCUT2D eigenvalue weighted by Gasteiger charge is 2.21. The molecule has 16 heavy (non-hydrogen) atoms. The van der Waals surface area contributed by atoms with Crippen LogP contribution in [0, 0.1) is 5.41 Å². The summed E-state index contributed by atoms with van der Waals surface area (Å²) in [5.74, 6) is 0. The molecular formula is C13H27NO2. The van der Waals surface area contributed by atoms with Crippen molar-refractivity contribution in [2.75, 3.05) is 19.8 Å². The fourth-order valence-electron chi connectivity index (χ4n) is 2.15. The van der Waals surface area contributed by atoms with Crippen LogP contribution in [0.4, 0.5) is 0 Å². The van der Waals surface area contributed by atoms with Crippen LogP contribution in [0.2, 0.25) is 0 Å². The Morgan fingerprint density at radius 2 is 2.25 bits per heavy atom. The van der Waals surface area contributed by atoms with Crippen molar-refractivity contribution in [1.82, 2.24) is 5.32 Å². The quantitative estimate of drug-likeness (QED) is 0.701. The zero-order chi connectivity index (χ0) is 12.0.